The van der Waals surface area contributed by atoms with E-state index < -0.39 is 0 Å². The van der Waals surface area contributed by atoms with Gasteiger partial charge in [-0.1, -0.05) is 11.8 Å². The minimum atomic E-state index is 0.320. The highest BCUT2D eigenvalue weighted by molar-refractivity contribution is 5.50. The molecule has 0 atom stereocenters. The van der Waals surface area contributed by atoms with Crippen LogP contribution in [0.4, 0.5) is 0 Å². The summed E-state index contributed by atoms with van der Waals surface area (Å²) in [4.78, 5) is 0. The van der Waals surface area contributed by atoms with Gasteiger partial charge in [0.1, 0.15) is 11.5 Å². The van der Waals surface area contributed by atoms with E-state index in [4.69, 9.17) is 19.9 Å². The second-order valence-electron chi connectivity index (χ2n) is 3.77. The van der Waals surface area contributed by atoms with E-state index in [-0.39, 0.29) is 0 Å². The molecule has 0 aliphatic carbocycles. The standard InChI is InChI=1S/C15H21NO3/c1-3-18-10-5-11-19-15-8-7-14(17-2)12-13(15)6-4-9-16/h7-8,12H,3,5,9-11,16H2,1-2H3. The third-order valence-electron chi connectivity index (χ3n) is 2.41. The molecule has 0 aliphatic heterocycles. The second-order valence-corrected chi connectivity index (χ2v) is 3.77. The van der Waals surface area contributed by atoms with Crippen LogP contribution >= 0.6 is 0 Å². The summed E-state index contributed by atoms with van der Waals surface area (Å²) in [5.74, 6) is 7.31. The van der Waals surface area contributed by atoms with Gasteiger partial charge in [0.25, 0.3) is 0 Å². The van der Waals surface area contributed by atoms with E-state index in [0.717, 1.165) is 30.1 Å². The molecule has 0 aliphatic rings. The minimum Gasteiger partial charge on any atom is -0.497 e. The summed E-state index contributed by atoms with van der Waals surface area (Å²) >= 11 is 0. The van der Waals surface area contributed by atoms with Crippen LogP contribution in [0, 0.1) is 11.8 Å². The quantitative estimate of drug-likeness (QED) is 0.602. The molecule has 1 aromatic carbocycles. The molecule has 19 heavy (non-hydrogen) atoms. The molecule has 2 N–H and O–H groups in total. The SMILES string of the molecule is CCOCCCOc1ccc(OC)cc1C#CCN. The summed E-state index contributed by atoms with van der Waals surface area (Å²) in [7, 11) is 1.62. The summed E-state index contributed by atoms with van der Waals surface area (Å²) in [6, 6.07) is 5.56. The van der Waals surface area contributed by atoms with Crippen LogP contribution in [-0.4, -0.2) is 33.5 Å². The molecule has 1 aromatic rings. The average Bonchev–Trinajstić information content (AvgIpc) is 2.45. The van der Waals surface area contributed by atoms with Crippen LogP contribution in [0.3, 0.4) is 0 Å². The van der Waals surface area contributed by atoms with Gasteiger partial charge in [-0.2, -0.15) is 0 Å². The summed E-state index contributed by atoms with van der Waals surface area (Å²) in [5, 5.41) is 0. The zero-order valence-corrected chi connectivity index (χ0v) is 11.6. The van der Waals surface area contributed by atoms with Gasteiger partial charge in [0.2, 0.25) is 0 Å². The van der Waals surface area contributed by atoms with Crippen molar-refractivity contribution in [2.24, 2.45) is 5.73 Å². The van der Waals surface area contributed by atoms with Gasteiger partial charge in [-0.3, -0.25) is 0 Å². The monoisotopic (exact) mass is 263 g/mol. The van der Waals surface area contributed by atoms with Crippen molar-refractivity contribution in [3.8, 4) is 23.3 Å². The normalized spacial score (nSPS) is 9.63. The van der Waals surface area contributed by atoms with Gasteiger partial charge in [-0.05, 0) is 25.1 Å². The molecule has 4 heteroatoms. The first kappa shape index (κ1) is 15.4. The Hall–Kier alpha value is -1.70. The van der Waals surface area contributed by atoms with Gasteiger partial charge >= 0.3 is 0 Å². The molecule has 0 heterocycles. The summed E-state index contributed by atoms with van der Waals surface area (Å²) in [6.45, 7) is 4.34. The van der Waals surface area contributed by atoms with Gasteiger partial charge in [0.05, 0.1) is 25.8 Å². The molecule has 0 spiro atoms. The highest BCUT2D eigenvalue weighted by Gasteiger charge is 2.03. The van der Waals surface area contributed by atoms with Crippen LogP contribution in [0.25, 0.3) is 0 Å². The number of methoxy groups -OCH3 is 1. The van der Waals surface area contributed by atoms with Crippen molar-refractivity contribution >= 4 is 0 Å². The van der Waals surface area contributed by atoms with E-state index in [2.05, 4.69) is 11.8 Å². The predicted molar refractivity (Wildman–Crippen MR) is 75.5 cm³/mol. The maximum atomic E-state index is 5.70. The number of hydrogen-bond acceptors (Lipinski definition) is 4. The van der Waals surface area contributed by atoms with Crippen LogP contribution in [0.5, 0.6) is 11.5 Å². The fourth-order valence-electron chi connectivity index (χ4n) is 1.49. The van der Waals surface area contributed by atoms with Crippen molar-refractivity contribution in [2.75, 3.05) is 33.5 Å². The highest BCUT2D eigenvalue weighted by atomic mass is 16.5. The molecular formula is C15H21NO3. The number of rotatable bonds is 7. The lowest BCUT2D eigenvalue weighted by atomic mass is 10.2. The lowest BCUT2D eigenvalue weighted by Gasteiger charge is -2.09. The second kappa shape index (κ2) is 9.26. The number of ether oxygens (including phenoxy) is 3. The van der Waals surface area contributed by atoms with E-state index in [0.29, 0.717) is 19.8 Å². The van der Waals surface area contributed by atoms with Crippen molar-refractivity contribution < 1.29 is 14.2 Å². The van der Waals surface area contributed by atoms with E-state index in [1.165, 1.54) is 0 Å². The topological polar surface area (TPSA) is 53.7 Å². The van der Waals surface area contributed by atoms with Gasteiger partial charge < -0.3 is 19.9 Å². The molecule has 104 valence electrons. The molecule has 4 nitrogen and oxygen atoms in total. The maximum absolute atomic E-state index is 5.70. The Bertz CT molecular complexity index is 435. The van der Waals surface area contributed by atoms with E-state index in [1.807, 2.05) is 25.1 Å². The molecule has 0 fully saturated rings. The Balaban J connectivity index is 2.64. The molecule has 0 amide bonds. The smallest absolute Gasteiger partial charge is 0.135 e. The molecule has 0 radical (unpaired) electrons. The molecule has 0 bridgehead atoms. The first-order valence-electron chi connectivity index (χ1n) is 6.39. The molecule has 1 rings (SSSR count). The van der Waals surface area contributed by atoms with Crippen molar-refractivity contribution in [3.63, 3.8) is 0 Å². The minimum absolute atomic E-state index is 0.320. The molecule has 0 unspecified atom stereocenters. The fraction of sp³-hybridized carbons (Fsp3) is 0.467. The lowest BCUT2D eigenvalue weighted by molar-refractivity contribution is 0.131. The molecular weight excluding hydrogens is 242 g/mol. The van der Waals surface area contributed by atoms with Gasteiger partial charge in [-0.15, -0.1) is 0 Å². The maximum Gasteiger partial charge on any atom is 0.135 e. The summed E-state index contributed by atoms with van der Waals surface area (Å²) < 4.78 is 16.1. The highest BCUT2D eigenvalue weighted by Crippen LogP contribution is 2.23. The van der Waals surface area contributed by atoms with E-state index in [9.17, 15) is 0 Å². The fourth-order valence-corrected chi connectivity index (χ4v) is 1.49. The molecule has 0 saturated heterocycles. The van der Waals surface area contributed by atoms with E-state index >= 15 is 0 Å². The molecule has 0 aromatic heterocycles. The average molecular weight is 263 g/mol. The van der Waals surface area contributed by atoms with Crippen LogP contribution in [0.1, 0.15) is 18.9 Å². The Labute approximate surface area is 114 Å². The van der Waals surface area contributed by atoms with Crippen LogP contribution in [-0.2, 0) is 4.74 Å². The zero-order valence-electron chi connectivity index (χ0n) is 11.6. The van der Waals surface area contributed by atoms with E-state index in [1.54, 1.807) is 7.11 Å². The van der Waals surface area contributed by atoms with Crippen LogP contribution < -0.4 is 15.2 Å². The third kappa shape index (κ3) is 5.64. The number of nitrogens with two attached hydrogens (primary N) is 1. The van der Waals surface area contributed by atoms with Crippen molar-refractivity contribution in [1.29, 1.82) is 0 Å². The first-order valence-corrected chi connectivity index (χ1v) is 6.39. The Morgan fingerprint density at radius 2 is 2.11 bits per heavy atom. The van der Waals surface area contributed by atoms with Crippen molar-refractivity contribution in [1.82, 2.24) is 0 Å². The predicted octanol–water partition coefficient (Wildman–Crippen LogP) is 1.81. The Kier molecular flexibility index (Phi) is 7.48. The zero-order chi connectivity index (χ0) is 13.9. The Morgan fingerprint density at radius 1 is 1.26 bits per heavy atom. The van der Waals surface area contributed by atoms with Gasteiger partial charge in [0.15, 0.2) is 0 Å². The number of hydrogen-bond donors (Lipinski definition) is 1. The molecule has 0 saturated carbocycles. The van der Waals surface area contributed by atoms with Gasteiger partial charge in [0, 0.05) is 19.6 Å². The number of benzene rings is 1. The lowest BCUT2D eigenvalue weighted by Crippen LogP contribution is -2.04. The Morgan fingerprint density at radius 3 is 2.79 bits per heavy atom. The van der Waals surface area contributed by atoms with Gasteiger partial charge in [-0.25, -0.2) is 0 Å². The largest absolute Gasteiger partial charge is 0.497 e. The van der Waals surface area contributed by atoms with Crippen LogP contribution in [0.15, 0.2) is 18.2 Å². The summed E-state index contributed by atoms with van der Waals surface area (Å²) in [6.07, 6.45) is 0.851. The summed E-state index contributed by atoms with van der Waals surface area (Å²) in [5.41, 5.74) is 6.18. The van der Waals surface area contributed by atoms with Crippen molar-refractivity contribution in [3.05, 3.63) is 23.8 Å². The third-order valence-corrected chi connectivity index (χ3v) is 2.41. The van der Waals surface area contributed by atoms with Crippen LogP contribution in [0.2, 0.25) is 0 Å². The first-order chi connectivity index (χ1) is 9.31. The van der Waals surface area contributed by atoms with Crippen molar-refractivity contribution in [2.45, 2.75) is 13.3 Å².